The molecule has 0 saturated heterocycles. The van der Waals surface area contributed by atoms with Crippen LogP contribution in [0.2, 0.25) is 0 Å². The van der Waals surface area contributed by atoms with Gasteiger partial charge in [-0.05, 0) is 5.92 Å². The van der Waals surface area contributed by atoms with Crippen molar-refractivity contribution in [1.29, 1.82) is 0 Å². The van der Waals surface area contributed by atoms with Crippen molar-refractivity contribution in [2.75, 3.05) is 0 Å². The van der Waals surface area contributed by atoms with E-state index in [1.54, 1.807) is 18.0 Å². The SMILES string of the molecule is CC(C)C(C)Sc1cncc(C(=O)O)n1. The molecule has 0 bridgehead atoms. The van der Waals surface area contributed by atoms with Crippen molar-refractivity contribution >= 4 is 17.7 Å². The molecule has 0 aromatic carbocycles. The van der Waals surface area contributed by atoms with Crippen LogP contribution in [0.5, 0.6) is 0 Å². The van der Waals surface area contributed by atoms with Crippen LogP contribution >= 0.6 is 11.8 Å². The third-order valence-corrected chi connectivity index (χ3v) is 3.43. The number of aromatic carboxylic acids is 1. The van der Waals surface area contributed by atoms with Gasteiger partial charge in [-0.3, -0.25) is 4.98 Å². The maximum absolute atomic E-state index is 10.7. The second-order valence-corrected chi connectivity index (χ2v) is 5.01. The molecule has 82 valence electrons. The molecule has 5 heteroatoms. The molecule has 0 aliphatic carbocycles. The molecular weight excluding hydrogens is 212 g/mol. The second kappa shape index (κ2) is 5.11. The van der Waals surface area contributed by atoms with Crippen LogP contribution in [0.3, 0.4) is 0 Å². The summed E-state index contributed by atoms with van der Waals surface area (Å²) >= 11 is 1.55. The minimum atomic E-state index is -1.04. The van der Waals surface area contributed by atoms with Crippen molar-refractivity contribution in [2.24, 2.45) is 5.92 Å². The first kappa shape index (κ1) is 12.0. The number of thioether (sulfide) groups is 1. The Bertz CT molecular complexity index is 355. The third-order valence-electron chi connectivity index (χ3n) is 2.08. The maximum atomic E-state index is 10.7. The molecule has 1 rings (SSSR count). The first-order chi connectivity index (χ1) is 7.00. The van der Waals surface area contributed by atoms with Gasteiger partial charge < -0.3 is 5.11 Å². The zero-order valence-corrected chi connectivity index (χ0v) is 9.78. The Morgan fingerprint density at radius 1 is 1.40 bits per heavy atom. The highest BCUT2D eigenvalue weighted by Crippen LogP contribution is 2.25. The van der Waals surface area contributed by atoms with Gasteiger partial charge in [0.05, 0.1) is 12.4 Å². The number of hydrogen-bond donors (Lipinski definition) is 1. The van der Waals surface area contributed by atoms with Crippen LogP contribution in [0.1, 0.15) is 31.3 Å². The maximum Gasteiger partial charge on any atom is 0.356 e. The van der Waals surface area contributed by atoms with Crippen LogP contribution in [0.25, 0.3) is 0 Å². The summed E-state index contributed by atoms with van der Waals surface area (Å²) in [7, 11) is 0. The number of carboxylic acids is 1. The summed E-state index contributed by atoms with van der Waals surface area (Å²) in [6.45, 7) is 6.32. The number of nitrogens with zero attached hydrogens (tertiary/aromatic N) is 2. The van der Waals surface area contributed by atoms with E-state index >= 15 is 0 Å². The van der Waals surface area contributed by atoms with Gasteiger partial charge in [-0.25, -0.2) is 9.78 Å². The van der Waals surface area contributed by atoms with Gasteiger partial charge in [-0.2, -0.15) is 0 Å². The van der Waals surface area contributed by atoms with E-state index in [1.165, 1.54) is 6.20 Å². The van der Waals surface area contributed by atoms with Gasteiger partial charge in [0, 0.05) is 5.25 Å². The Morgan fingerprint density at radius 2 is 2.07 bits per heavy atom. The number of rotatable bonds is 4. The van der Waals surface area contributed by atoms with Gasteiger partial charge in [0.25, 0.3) is 0 Å². The number of carbonyl (C=O) groups is 1. The van der Waals surface area contributed by atoms with Crippen LogP contribution in [-0.4, -0.2) is 26.3 Å². The lowest BCUT2D eigenvalue weighted by atomic mass is 10.2. The van der Waals surface area contributed by atoms with E-state index < -0.39 is 5.97 Å². The van der Waals surface area contributed by atoms with Gasteiger partial charge in [0.15, 0.2) is 5.69 Å². The van der Waals surface area contributed by atoms with Crippen molar-refractivity contribution in [3.63, 3.8) is 0 Å². The number of hydrogen-bond acceptors (Lipinski definition) is 4. The Kier molecular flexibility index (Phi) is 4.08. The molecule has 0 radical (unpaired) electrons. The van der Waals surface area contributed by atoms with E-state index in [4.69, 9.17) is 5.11 Å². The molecule has 0 aliphatic heterocycles. The zero-order valence-electron chi connectivity index (χ0n) is 8.97. The summed E-state index contributed by atoms with van der Waals surface area (Å²) in [5, 5.41) is 9.80. The summed E-state index contributed by atoms with van der Waals surface area (Å²) in [5.41, 5.74) is -0.00374. The fourth-order valence-corrected chi connectivity index (χ4v) is 1.76. The Balaban J connectivity index is 2.78. The van der Waals surface area contributed by atoms with Crippen molar-refractivity contribution in [1.82, 2.24) is 9.97 Å². The first-order valence-electron chi connectivity index (χ1n) is 4.72. The molecule has 0 spiro atoms. The highest BCUT2D eigenvalue weighted by atomic mass is 32.2. The van der Waals surface area contributed by atoms with E-state index in [2.05, 4.69) is 30.7 Å². The molecular formula is C10H14N2O2S. The summed E-state index contributed by atoms with van der Waals surface area (Å²) in [6, 6.07) is 0. The zero-order chi connectivity index (χ0) is 11.4. The second-order valence-electron chi connectivity index (χ2n) is 3.61. The van der Waals surface area contributed by atoms with Crippen LogP contribution in [0.15, 0.2) is 17.4 Å². The fourth-order valence-electron chi connectivity index (χ4n) is 0.834. The largest absolute Gasteiger partial charge is 0.476 e. The lowest BCUT2D eigenvalue weighted by molar-refractivity contribution is 0.0689. The molecule has 0 fully saturated rings. The van der Waals surface area contributed by atoms with E-state index in [0.717, 1.165) is 0 Å². The minimum absolute atomic E-state index is 0.00374. The van der Waals surface area contributed by atoms with Crippen LogP contribution in [0, 0.1) is 5.92 Å². The summed E-state index contributed by atoms with van der Waals surface area (Å²) in [4.78, 5) is 18.5. The Hall–Kier alpha value is -1.10. The first-order valence-corrected chi connectivity index (χ1v) is 5.60. The molecule has 1 N–H and O–H groups in total. The predicted octanol–water partition coefficient (Wildman–Crippen LogP) is 2.31. The fraction of sp³-hybridized carbons (Fsp3) is 0.500. The van der Waals surface area contributed by atoms with E-state index in [-0.39, 0.29) is 5.69 Å². The molecule has 1 atom stereocenters. The van der Waals surface area contributed by atoms with Gasteiger partial charge in [0.2, 0.25) is 0 Å². The molecule has 4 nitrogen and oxygen atoms in total. The monoisotopic (exact) mass is 226 g/mol. The van der Waals surface area contributed by atoms with Crippen molar-refractivity contribution in [2.45, 2.75) is 31.0 Å². The smallest absolute Gasteiger partial charge is 0.356 e. The topological polar surface area (TPSA) is 63.1 Å². The third kappa shape index (κ3) is 3.51. The molecule has 0 aliphatic rings. The predicted molar refractivity (Wildman–Crippen MR) is 59.1 cm³/mol. The average molecular weight is 226 g/mol. The average Bonchev–Trinajstić information content (AvgIpc) is 2.18. The van der Waals surface area contributed by atoms with Crippen LogP contribution in [0.4, 0.5) is 0 Å². The van der Waals surface area contributed by atoms with Gasteiger partial charge in [-0.1, -0.05) is 20.8 Å². The molecule has 1 aromatic rings. The Labute approximate surface area is 93.1 Å². The van der Waals surface area contributed by atoms with Crippen LogP contribution in [-0.2, 0) is 0 Å². The Morgan fingerprint density at radius 3 is 2.60 bits per heavy atom. The molecule has 0 amide bonds. The molecule has 1 heterocycles. The standard InChI is InChI=1S/C10H14N2O2S/c1-6(2)7(3)15-9-5-11-4-8(12-9)10(13)14/h4-7H,1-3H3,(H,13,14). The van der Waals surface area contributed by atoms with E-state index in [1.807, 2.05) is 0 Å². The molecule has 1 aromatic heterocycles. The van der Waals surface area contributed by atoms with Crippen LogP contribution < -0.4 is 0 Å². The minimum Gasteiger partial charge on any atom is -0.476 e. The summed E-state index contributed by atoms with van der Waals surface area (Å²) in [6.07, 6.45) is 2.85. The van der Waals surface area contributed by atoms with Crippen molar-refractivity contribution in [3.05, 3.63) is 18.1 Å². The van der Waals surface area contributed by atoms with Crippen molar-refractivity contribution in [3.8, 4) is 0 Å². The summed E-state index contributed by atoms with van der Waals surface area (Å²) < 4.78 is 0. The lowest BCUT2D eigenvalue weighted by Gasteiger charge is -2.13. The quantitative estimate of drug-likeness (QED) is 0.798. The summed E-state index contributed by atoms with van der Waals surface area (Å²) in [5.74, 6) is -0.521. The van der Waals surface area contributed by atoms with E-state index in [9.17, 15) is 4.79 Å². The molecule has 1 unspecified atom stereocenters. The normalized spacial score (nSPS) is 12.8. The molecule has 15 heavy (non-hydrogen) atoms. The molecule has 0 saturated carbocycles. The highest BCUT2D eigenvalue weighted by Gasteiger charge is 2.12. The van der Waals surface area contributed by atoms with E-state index in [0.29, 0.717) is 16.2 Å². The number of carboxylic acid groups (broad SMARTS) is 1. The van der Waals surface area contributed by atoms with Gasteiger partial charge in [-0.15, -0.1) is 11.8 Å². The lowest BCUT2D eigenvalue weighted by Crippen LogP contribution is -2.07. The van der Waals surface area contributed by atoms with Gasteiger partial charge >= 0.3 is 5.97 Å². The van der Waals surface area contributed by atoms with Crippen molar-refractivity contribution < 1.29 is 9.90 Å². The van der Waals surface area contributed by atoms with Gasteiger partial charge in [0.1, 0.15) is 5.03 Å². The number of aromatic nitrogens is 2. The highest BCUT2D eigenvalue weighted by molar-refractivity contribution is 7.99.